The summed E-state index contributed by atoms with van der Waals surface area (Å²) in [5.41, 5.74) is 5.40. The fourth-order valence-corrected chi connectivity index (χ4v) is 1.74. The first kappa shape index (κ1) is 15.4. The normalized spacial score (nSPS) is 12.2. The van der Waals surface area contributed by atoms with Crippen molar-refractivity contribution in [1.29, 1.82) is 0 Å². The third-order valence-electron chi connectivity index (χ3n) is 2.61. The number of hydrogen-bond acceptors (Lipinski definition) is 4. The average molecular weight is 270 g/mol. The molecule has 1 aromatic carbocycles. The van der Waals surface area contributed by atoms with Crippen molar-refractivity contribution in [3.05, 3.63) is 29.6 Å². The minimum atomic E-state index is -0.510. The standard InChI is InChI=1S/C13H19FN2O3/c1-9(16-6-7-19-8-12(15)17)13-10(14)4-3-5-11(13)18-2/h3-5,9,16H,6-8H2,1-2H3,(H2,15,17). The molecule has 0 radical (unpaired) electrons. The van der Waals surface area contributed by atoms with Gasteiger partial charge in [0.05, 0.1) is 13.7 Å². The summed E-state index contributed by atoms with van der Waals surface area (Å²) < 4.78 is 23.9. The van der Waals surface area contributed by atoms with Gasteiger partial charge >= 0.3 is 0 Å². The number of nitrogens with one attached hydrogen (secondary N) is 1. The Bertz CT molecular complexity index is 426. The van der Waals surface area contributed by atoms with E-state index in [1.165, 1.54) is 13.2 Å². The smallest absolute Gasteiger partial charge is 0.243 e. The van der Waals surface area contributed by atoms with E-state index in [2.05, 4.69) is 5.32 Å². The summed E-state index contributed by atoms with van der Waals surface area (Å²) >= 11 is 0. The molecule has 19 heavy (non-hydrogen) atoms. The van der Waals surface area contributed by atoms with Crippen LogP contribution in [-0.2, 0) is 9.53 Å². The number of carbonyl (C=O) groups excluding carboxylic acids is 1. The van der Waals surface area contributed by atoms with E-state index >= 15 is 0 Å². The lowest BCUT2D eigenvalue weighted by atomic mass is 10.1. The average Bonchev–Trinajstić information content (AvgIpc) is 2.37. The molecule has 1 aromatic rings. The van der Waals surface area contributed by atoms with Crippen LogP contribution < -0.4 is 15.8 Å². The zero-order valence-corrected chi connectivity index (χ0v) is 11.1. The number of primary amides is 1. The molecule has 0 saturated heterocycles. The summed E-state index contributed by atoms with van der Waals surface area (Å²) in [6.45, 7) is 2.52. The van der Waals surface area contributed by atoms with Gasteiger partial charge in [-0.25, -0.2) is 4.39 Å². The van der Waals surface area contributed by atoms with E-state index in [9.17, 15) is 9.18 Å². The molecule has 0 fully saturated rings. The number of halogens is 1. The third-order valence-corrected chi connectivity index (χ3v) is 2.61. The number of nitrogens with two attached hydrogens (primary N) is 1. The van der Waals surface area contributed by atoms with E-state index in [1.807, 2.05) is 6.92 Å². The second-order valence-corrected chi connectivity index (χ2v) is 4.05. The van der Waals surface area contributed by atoms with Gasteiger partial charge in [0, 0.05) is 18.2 Å². The van der Waals surface area contributed by atoms with Crippen molar-refractivity contribution in [2.45, 2.75) is 13.0 Å². The number of hydrogen-bond donors (Lipinski definition) is 2. The van der Waals surface area contributed by atoms with E-state index in [4.69, 9.17) is 15.2 Å². The van der Waals surface area contributed by atoms with Crippen LogP contribution in [-0.4, -0.2) is 32.8 Å². The molecule has 1 amide bonds. The quantitative estimate of drug-likeness (QED) is 0.691. The lowest BCUT2D eigenvalue weighted by Crippen LogP contribution is -2.26. The number of ether oxygens (including phenoxy) is 2. The highest BCUT2D eigenvalue weighted by Crippen LogP contribution is 2.27. The molecular weight excluding hydrogens is 251 g/mol. The maximum Gasteiger partial charge on any atom is 0.243 e. The van der Waals surface area contributed by atoms with Gasteiger partial charge in [0.25, 0.3) is 0 Å². The Labute approximate surface area is 111 Å². The largest absolute Gasteiger partial charge is 0.496 e. The predicted octanol–water partition coefficient (Wildman–Crippen LogP) is 0.987. The van der Waals surface area contributed by atoms with Gasteiger partial charge in [0.1, 0.15) is 18.2 Å². The molecule has 0 bridgehead atoms. The van der Waals surface area contributed by atoms with Crippen LogP contribution in [0.25, 0.3) is 0 Å². The summed E-state index contributed by atoms with van der Waals surface area (Å²) in [6, 6.07) is 4.47. The molecule has 0 heterocycles. The van der Waals surface area contributed by atoms with Crippen molar-refractivity contribution in [3.63, 3.8) is 0 Å². The predicted molar refractivity (Wildman–Crippen MR) is 69.4 cm³/mol. The van der Waals surface area contributed by atoms with Gasteiger partial charge in [0.15, 0.2) is 0 Å². The van der Waals surface area contributed by atoms with Crippen molar-refractivity contribution >= 4 is 5.91 Å². The minimum Gasteiger partial charge on any atom is -0.496 e. The van der Waals surface area contributed by atoms with Crippen molar-refractivity contribution < 1.29 is 18.7 Å². The molecule has 0 saturated carbocycles. The number of carbonyl (C=O) groups is 1. The molecule has 1 unspecified atom stereocenters. The van der Waals surface area contributed by atoms with Crippen LogP contribution in [0, 0.1) is 5.82 Å². The van der Waals surface area contributed by atoms with Gasteiger partial charge in [-0.05, 0) is 19.1 Å². The van der Waals surface area contributed by atoms with Gasteiger partial charge in [-0.1, -0.05) is 6.07 Å². The van der Waals surface area contributed by atoms with Gasteiger partial charge in [0.2, 0.25) is 5.91 Å². The van der Waals surface area contributed by atoms with Crippen LogP contribution >= 0.6 is 0 Å². The fraction of sp³-hybridized carbons (Fsp3) is 0.462. The molecular formula is C13H19FN2O3. The van der Waals surface area contributed by atoms with E-state index in [-0.39, 0.29) is 18.5 Å². The third kappa shape index (κ3) is 4.84. The molecule has 0 spiro atoms. The van der Waals surface area contributed by atoms with E-state index in [0.29, 0.717) is 24.5 Å². The van der Waals surface area contributed by atoms with Gasteiger partial charge < -0.3 is 20.5 Å². The Morgan fingerprint density at radius 1 is 1.53 bits per heavy atom. The van der Waals surface area contributed by atoms with Crippen molar-refractivity contribution in [1.82, 2.24) is 5.32 Å². The number of amides is 1. The van der Waals surface area contributed by atoms with Crippen LogP contribution in [0.1, 0.15) is 18.5 Å². The summed E-state index contributed by atoms with van der Waals surface area (Å²) in [5, 5.41) is 3.09. The fourth-order valence-electron chi connectivity index (χ4n) is 1.74. The van der Waals surface area contributed by atoms with Crippen LogP contribution in [0.4, 0.5) is 4.39 Å². The Kier molecular flexibility index (Phi) is 6.24. The molecule has 0 aromatic heterocycles. The Balaban J connectivity index is 2.49. The first-order valence-electron chi connectivity index (χ1n) is 5.98. The Morgan fingerprint density at radius 2 is 2.26 bits per heavy atom. The first-order valence-corrected chi connectivity index (χ1v) is 5.98. The van der Waals surface area contributed by atoms with Gasteiger partial charge in [-0.2, -0.15) is 0 Å². The number of methoxy groups -OCH3 is 1. The van der Waals surface area contributed by atoms with E-state index < -0.39 is 5.91 Å². The molecule has 6 heteroatoms. The maximum atomic E-state index is 13.8. The molecule has 0 aliphatic rings. The SMILES string of the molecule is COc1cccc(F)c1C(C)NCCOCC(N)=O. The zero-order valence-electron chi connectivity index (χ0n) is 11.1. The highest BCUT2D eigenvalue weighted by Gasteiger charge is 2.15. The number of benzene rings is 1. The zero-order chi connectivity index (χ0) is 14.3. The minimum absolute atomic E-state index is 0.112. The summed E-state index contributed by atoms with van der Waals surface area (Å²) in [4.78, 5) is 10.5. The Hall–Kier alpha value is -1.66. The van der Waals surface area contributed by atoms with E-state index in [0.717, 1.165) is 0 Å². The van der Waals surface area contributed by atoms with Crippen LogP contribution in [0.2, 0.25) is 0 Å². The lowest BCUT2D eigenvalue weighted by molar-refractivity contribution is -0.122. The highest BCUT2D eigenvalue weighted by atomic mass is 19.1. The van der Waals surface area contributed by atoms with Crippen LogP contribution in [0.3, 0.4) is 0 Å². The monoisotopic (exact) mass is 270 g/mol. The number of rotatable bonds is 8. The van der Waals surface area contributed by atoms with Crippen molar-refractivity contribution in [2.75, 3.05) is 26.9 Å². The summed E-state index contributed by atoms with van der Waals surface area (Å²) in [7, 11) is 1.50. The molecule has 3 N–H and O–H groups in total. The molecule has 5 nitrogen and oxygen atoms in total. The first-order chi connectivity index (χ1) is 9.06. The maximum absolute atomic E-state index is 13.8. The molecule has 0 aliphatic heterocycles. The van der Waals surface area contributed by atoms with Gasteiger partial charge in [-0.15, -0.1) is 0 Å². The van der Waals surface area contributed by atoms with Crippen LogP contribution in [0.5, 0.6) is 5.75 Å². The van der Waals surface area contributed by atoms with Gasteiger partial charge in [-0.3, -0.25) is 4.79 Å². The summed E-state index contributed by atoms with van der Waals surface area (Å²) in [5.74, 6) is -0.334. The molecule has 1 rings (SSSR count). The second-order valence-electron chi connectivity index (χ2n) is 4.05. The lowest BCUT2D eigenvalue weighted by Gasteiger charge is -2.17. The van der Waals surface area contributed by atoms with Crippen molar-refractivity contribution in [2.24, 2.45) is 5.73 Å². The van der Waals surface area contributed by atoms with Crippen molar-refractivity contribution in [3.8, 4) is 5.75 Å². The second kappa shape index (κ2) is 7.70. The summed E-state index contributed by atoms with van der Waals surface area (Å²) in [6.07, 6.45) is 0. The highest BCUT2D eigenvalue weighted by molar-refractivity contribution is 5.74. The van der Waals surface area contributed by atoms with Crippen LogP contribution in [0.15, 0.2) is 18.2 Å². The molecule has 106 valence electrons. The molecule has 0 aliphatic carbocycles. The topological polar surface area (TPSA) is 73.6 Å². The Morgan fingerprint density at radius 3 is 2.89 bits per heavy atom. The van der Waals surface area contributed by atoms with E-state index in [1.54, 1.807) is 12.1 Å². The molecule has 1 atom stereocenters.